The summed E-state index contributed by atoms with van der Waals surface area (Å²) in [6.07, 6.45) is 2.17. The zero-order valence-corrected chi connectivity index (χ0v) is 13.9. The molecule has 0 aliphatic carbocycles. The van der Waals surface area contributed by atoms with Gasteiger partial charge in [0.2, 0.25) is 11.8 Å². The van der Waals surface area contributed by atoms with Crippen LogP contribution in [-0.2, 0) is 9.59 Å². The number of carbonyl (C=O) groups is 2. The van der Waals surface area contributed by atoms with Crippen LogP contribution in [0, 0.1) is 5.92 Å². The highest BCUT2D eigenvalue weighted by molar-refractivity contribution is 5.85. The van der Waals surface area contributed by atoms with E-state index < -0.39 is 0 Å². The number of hydrogen-bond acceptors (Lipinski definition) is 3. The predicted octanol–water partition coefficient (Wildman–Crippen LogP) is -0.0639. The minimum Gasteiger partial charge on any atom is -0.357 e. The summed E-state index contributed by atoms with van der Waals surface area (Å²) in [5, 5.41) is 9.04. The van der Waals surface area contributed by atoms with E-state index in [1.54, 1.807) is 0 Å². The van der Waals surface area contributed by atoms with Gasteiger partial charge in [-0.25, -0.2) is 4.99 Å². The van der Waals surface area contributed by atoms with E-state index in [-0.39, 0.29) is 24.3 Å². The fourth-order valence-electron chi connectivity index (χ4n) is 2.13. The zero-order chi connectivity index (χ0) is 16.4. The Morgan fingerprint density at radius 1 is 1.09 bits per heavy atom. The fraction of sp³-hybridized carbons (Fsp3) is 0.800. The van der Waals surface area contributed by atoms with Crippen LogP contribution in [0.1, 0.15) is 33.6 Å². The van der Waals surface area contributed by atoms with E-state index in [0.717, 1.165) is 32.5 Å². The van der Waals surface area contributed by atoms with Gasteiger partial charge in [0.1, 0.15) is 6.54 Å². The highest BCUT2D eigenvalue weighted by atomic mass is 16.2. The molecule has 1 rings (SSSR count). The smallest absolute Gasteiger partial charge is 0.244 e. The predicted molar refractivity (Wildman–Crippen MR) is 87.6 cm³/mol. The van der Waals surface area contributed by atoms with Crippen LogP contribution < -0.4 is 16.0 Å². The minimum absolute atomic E-state index is 0.0139. The van der Waals surface area contributed by atoms with Gasteiger partial charge in [-0.15, -0.1) is 0 Å². The molecule has 1 saturated heterocycles. The summed E-state index contributed by atoms with van der Waals surface area (Å²) in [4.78, 5) is 29.6. The molecule has 22 heavy (non-hydrogen) atoms. The minimum atomic E-state index is -0.0139. The third-order valence-corrected chi connectivity index (χ3v) is 3.42. The highest BCUT2D eigenvalue weighted by Gasteiger charge is 2.17. The molecule has 1 heterocycles. The Kier molecular flexibility index (Phi) is 8.32. The van der Waals surface area contributed by atoms with E-state index in [1.807, 2.05) is 25.7 Å². The van der Waals surface area contributed by atoms with Gasteiger partial charge in [-0.2, -0.15) is 0 Å². The molecule has 7 nitrogen and oxygen atoms in total. The Balaban J connectivity index is 2.32. The van der Waals surface area contributed by atoms with Crippen LogP contribution in [-0.4, -0.2) is 61.9 Å². The van der Waals surface area contributed by atoms with Gasteiger partial charge in [0.15, 0.2) is 5.96 Å². The second-order valence-corrected chi connectivity index (χ2v) is 5.66. The number of guanidine groups is 1. The van der Waals surface area contributed by atoms with Crippen LogP contribution in [0.4, 0.5) is 0 Å². The van der Waals surface area contributed by atoms with E-state index in [4.69, 9.17) is 0 Å². The molecule has 0 unspecified atom stereocenters. The molecule has 0 radical (unpaired) electrons. The largest absolute Gasteiger partial charge is 0.357 e. The summed E-state index contributed by atoms with van der Waals surface area (Å²) < 4.78 is 0. The van der Waals surface area contributed by atoms with Crippen LogP contribution in [0.15, 0.2) is 4.99 Å². The van der Waals surface area contributed by atoms with Gasteiger partial charge in [-0.3, -0.25) is 9.59 Å². The van der Waals surface area contributed by atoms with Gasteiger partial charge in [-0.1, -0.05) is 13.8 Å². The third-order valence-electron chi connectivity index (χ3n) is 3.42. The molecule has 126 valence electrons. The Labute approximate surface area is 132 Å². The van der Waals surface area contributed by atoms with E-state index in [2.05, 4.69) is 20.9 Å². The third kappa shape index (κ3) is 6.78. The number of likely N-dealkylation sites (tertiary alicyclic amines) is 1. The first-order valence-corrected chi connectivity index (χ1v) is 8.12. The Hall–Kier alpha value is -1.79. The van der Waals surface area contributed by atoms with Gasteiger partial charge in [0.25, 0.3) is 0 Å². The van der Waals surface area contributed by atoms with Gasteiger partial charge in [0, 0.05) is 38.6 Å². The molecule has 1 aliphatic rings. The summed E-state index contributed by atoms with van der Waals surface area (Å²) in [5.74, 6) is 0.699. The normalized spacial score (nSPS) is 15.1. The average Bonchev–Trinajstić information content (AvgIpc) is 3.02. The molecule has 0 saturated carbocycles. The number of amides is 2. The molecule has 0 aromatic carbocycles. The van der Waals surface area contributed by atoms with Crippen LogP contribution in [0.2, 0.25) is 0 Å². The summed E-state index contributed by atoms with van der Waals surface area (Å²) in [6.45, 7) is 9.37. The lowest BCUT2D eigenvalue weighted by Crippen LogP contribution is -2.42. The second kappa shape index (κ2) is 10.0. The Bertz CT molecular complexity index is 389. The standard InChI is InChI=1S/C15H29N5O2/c1-4-16-15(18-8-7-17-14(22)12(2)3)19-11-13(21)20-9-5-6-10-20/h12H,4-11H2,1-3H3,(H,17,22)(H2,16,18,19). The number of carbonyl (C=O) groups excluding carboxylic acids is 2. The zero-order valence-electron chi connectivity index (χ0n) is 13.9. The molecular formula is C15H29N5O2. The van der Waals surface area contributed by atoms with Gasteiger partial charge < -0.3 is 20.9 Å². The molecule has 0 spiro atoms. The lowest BCUT2D eigenvalue weighted by atomic mass is 10.2. The molecule has 1 aliphatic heterocycles. The number of rotatable bonds is 7. The number of nitrogens with one attached hydrogen (secondary N) is 3. The molecule has 0 aromatic rings. The van der Waals surface area contributed by atoms with Crippen LogP contribution in [0.25, 0.3) is 0 Å². The van der Waals surface area contributed by atoms with E-state index in [0.29, 0.717) is 19.0 Å². The van der Waals surface area contributed by atoms with Crippen molar-refractivity contribution >= 4 is 17.8 Å². The van der Waals surface area contributed by atoms with Crippen molar-refractivity contribution in [2.45, 2.75) is 33.6 Å². The number of aliphatic imine (C=N–C) groups is 1. The average molecular weight is 311 g/mol. The molecular weight excluding hydrogens is 282 g/mol. The lowest BCUT2D eigenvalue weighted by Gasteiger charge is -2.15. The van der Waals surface area contributed by atoms with Crippen molar-refractivity contribution in [3.05, 3.63) is 0 Å². The number of hydrogen-bond donors (Lipinski definition) is 3. The molecule has 7 heteroatoms. The summed E-state index contributed by atoms with van der Waals surface area (Å²) >= 11 is 0. The maximum Gasteiger partial charge on any atom is 0.244 e. The SMILES string of the molecule is CCNC(=NCC(=O)N1CCCC1)NCCNC(=O)C(C)C. The molecule has 1 fully saturated rings. The summed E-state index contributed by atoms with van der Waals surface area (Å²) in [6, 6.07) is 0. The quantitative estimate of drug-likeness (QED) is 0.349. The maximum absolute atomic E-state index is 12.0. The van der Waals surface area contributed by atoms with E-state index in [1.165, 1.54) is 0 Å². The molecule has 0 atom stereocenters. The maximum atomic E-state index is 12.0. The topological polar surface area (TPSA) is 85.8 Å². The first-order valence-electron chi connectivity index (χ1n) is 8.12. The lowest BCUT2D eigenvalue weighted by molar-refractivity contribution is -0.128. The molecule has 0 aromatic heterocycles. The van der Waals surface area contributed by atoms with E-state index in [9.17, 15) is 9.59 Å². The summed E-state index contributed by atoms with van der Waals surface area (Å²) in [7, 11) is 0. The molecule has 2 amide bonds. The second-order valence-electron chi connectivity index (χ2n) is 5.66. The first-order chi connectivity index (χ1) is 10.5. The summed E-state index contributed by atoms with van der Waals surface area (Å²) in [5.41, 5.74) is 0. The Morgan fingerprint density at radius 3 is 2.32 bits per heavy atom. The van der Waals surface area contributed by atoms with Crippen molar-refractivity contribution in [2.75, 3.05) is 39.3 Å². The monoisotopic (exact) mass is 311 g/mol. The number of nitrogens with zero attached hydrogens (tertiary/aromatic N) is 2. The van der Waals surface area contributed by atoms with Crippen molar-refractivity contribution in [3.8, 4) is 0 Å². The van der Waals surface area contributed by atoms with Crippen LogP contribution in [0.3, 0.4) is 0 Å². The molecule has 0 bridgehead atoms. The highest BCUT2D eigenvalue weighted by Crippen LogP contribution is 2.07. The first kappa shape index (κ1) is 18.3. The van der Waals surface area contributed by atoms with Gasteiger partial charge in [0.05, 0.1) is 0 Å². The van der Waals surface area contributed by atoms with Crippen molar-refractivity contribution in [3.63, 3.8) is 0 Å². The van der Waals surface area contributed by atoms with Crippen molar-refractivity contribution < 1.29 is 9.59 Å². The Morgan fingerprint density at radius 2 is 1.73 bits per heavy atom. The molecule has 3 N–H and O–H groups in total. The van der Waals surface area contributed by atoms with Crippen molar-refractivity contribution in [1.82, 2.24) is 20.9 Å². The van der Waals surface area contributed by atoms with Gasteiger partial charge >= 0.3 is 0 Å². The van der Waals surface area contributed by atoms with Crippen LogP contribution >= 0.6 is 0 Å². The van der Waals surface area contributed by atoms with Crippen molar-refractivity contribution in [1.29, 1.82) is 0 Å². The fourth-order valence-corrected chi connectivity index (χ4v) is 2.13. The van der Waals surface area contributed by atoms with E-state index >= 15 is 0 Å². The van der Waals surface area contributed by atoms with Crippen LogP contribution in [0.5, 0.6) is 0 Å². The van der Waals surface area contributed by atoms with Crippen molar-refractivity contribution in [2.24, 2.45) is 10.9 Å². The van der Waals surface area contributed by atoms with Gasteiger partial charge in [-0.05, 0) is 19.8 Å².